The van der Waals surface area contributed by atoms with Crippen molar-refractivity contribution in [2.75, 3.05) is 13.6 Å². The average molecular weight is 248 g/mol. The van der Waals surface area contributed by atoms with Crippen molar-refractivity contribution >= 4 is 5.91 Å². The second kappa shape index (κ2) is 7.17. The topological polar surface area (TPSA) is 32.3 Å². The molecule has 0 unspecified atom stereocenters. The molecule has 0 saturated carbocycles. The number of carbonyl (C=O) groups is 1. The molecule has 0 radical (unpaired) electrons. The number of benzene rings is 1. The molecule has 18 heavy (non-hydrogen) atoms. The van der Waals surface area contributed by atoms with Crippen molar-refractivity contribution in [1.82, 2.24) is 10.2 Å². The third-order valence-corrected chi connectivity index (χ3v) is 2.94. The molecule has 0 spiro atoms. The van der Waals surface area contributed by atoms with Crippen molar-refractivity contribution in [3.8, 4) is 0 Å². The van der Waals surface area contributed by atoms with Crippen LogP contribution in [0.1, 0.15) is 31.9 Å². The lowest BCUT2D eigenvalue weighted by molar-refractivity contribution is -0.129. The lowest BCUT2D eigenvalue weighted by atomic mass is 10.1. The number of aryl methyl sites for hydroxylation is 1. The van der Waals surface area contributed by atoms with Gasteiger partial charge >= 0.3 is 0 Å². The maximum atomic E-state index is 11.8. The number of hydrogen-bond donors (Lipinski definition) is 1. The summed E-state index contributed by atoms with van der Waals surface area (Å²) in [6, 6.07) is 8.78. The van der Waals surface area contributed by atoms with Crippen LogP contribution in [0.25, 0.3) is 0 Å². The van der Waals surface area contributed by atoms with E-state index in [0.717, 1.165) is 6.42 Å². The Bertz CT molecular complexity index is 371. The Morgan fingerprint density at radius 1 is 1.22 bits per heavy atom. The van der Waals surface area contributed by atoms with E-state index in [0.29, 0.717) is 19.1 Å². The van der Waals surface area contributed by atoms with Gasteiger partial charge in [0.25, 0.3) is 0 Å². The summed E-state index contributed by atoms with van der Waals surface area (Å²) in [7, 11) is 1.85. The minimum Gasteiger partial charge on any atom is -0.340 e. The first kappa shape index (κ1) is 14.7. The zero-order valence-corrected chi connectivity index (χ0v) is 11.9. The Labute approximate surface area is 110 Å². The van der Waals surface area contributed by atoms with Crippen molar-refractivity contribution in [3.63, 3.8) is 0 Å². The predicted octanol–water partition coefficient (Wildman–Crippen LogP) is 2.21. The number of carbonyl (C=O) groups excluding carboxylic acids is 1. The summed E-state index contributed by atoms with van der Waals surface area (Å²) in [5, 5.41) is 3.14. The first-order chi connectivity index (χ1) is 8.52. The van der Waals surface area contributed by atoms with Crippen molar-refractivity contribution in [3.05, 3.63) is 35.4 Å². The SMILES string of the molecule is CCc1ccc(CN(C)C(=O)CNC(C)C)cc1. The first-order valence-corrected chi connectivity index (χ1v) is 6.58. The molecule has 100 valence electrons. The minimum absolute atomic E-state index is 0.128. The highest BCUT2D eigenvalue weighted by atomic mass is 16.2. The molecule has 0 saturated heterocycles. The molecule has 0 bridgehead atoms. The van der Waals surface area contributed by atoms with Crippen LogP contribution in [0.3, 0.4) is 0 Å². The molecule has 0 fully saturated rings. The maximum absolute atomic E-state index is 11.8. The van der Waals surface area contributed by atoms with E-state index < -0.39 is 0 Å². The van der Waals surface area contributed by atoms with Crippen LogP contribution in [-0.4, -0.2) is 30.4 Å². The Balaban J connectivity index is 2.47. The monoisotopic (exact) mass is 248 g/mol. The van der Waals surface area contributed by atoms with E-state index in [2.05, 4.69) is 36.5 Å². The highest BCUT2D eigenvalue weighted by Gasteiger charge is 2.09. The van der Waals surface area contributed by atoms with Crippen LogP contribution in [0.15, 0.2) is 24.3 Å². The van der Waals surface area contributed by atoms with Crippen molar-refractivity contribution < 1.29 is 4.79 Å². The van der Waals surface area contributed by atoms with Gasteiger partial charge in [-0.2, -0.15) is 0 Å². The van der Waals surface area contributed by atoms with Crippen molar-refractivity contribution in [2.24, 2.45) is 0 Å². The summed E-state index contributed by atoms with van der Waals surface area (Å²) >= 11 is 0. The fourth-order valence-electron chi connectivity index (χ4n) is 1.67. The molecule has 0 heterocycles. The zero-order valence-electron chi connectivity index (χ0n) is 11.9. The predicted molar refractivity (Wildman–Crippen MR) is 75.4 cm³/mol. The van der Waals surface area contributed by atoms with Gasteiger partial charge in [0.05, 0.1) is 6.54 Å². The summed E-state index contributed by atoms with van der Waals surface area (Å²) in [5.74, 6) is 0.128. The van der Waals surface area contributed by atoms with Gasteiger partial charge in [-0.1, -0.05) is 45.0 Å². The summed E-state index contributed by atoms with van der Waals surface area (Å²) in [4.78, 5) is 13.6. The van der Waals surface area contributed by atoms with Crippen LogP contribution in [-0.2, 0) is 17.8 Å². The van der Waals surface area contributed by atoms with Gasteiger partial charge in [0.15, 0.2) is 0 Å². The van der Waals surface area contributed by atoms with Crippen molar-refractivity contribution in [2.45, 2.75) is 39.8 Å². The lowest BCUT2D eigenvalue weighted by Crippen LogP contribution is -2.37. The van der Waals surface area contributed by atoms with Gasteiger partial charge in [0.2, 0.25) is 5.91 Å². The molecule has 1 aromatic rings. The molecule has 0 aliphatic carbocycles. The maximum Gasteiger partial charge on any atom is 0.236 e. The highest BCUT2D eigenvalue weighted by Crippen LogP contribution is 2.07. The van der Waals surface area contributed by atoms with E-state index in [1.54, 1.807) is 4.90 Å². The summed E-state index contributed by atoms with van der Waals surface area (Å²) in [6.45, 7) is 7.29. The highest BCUT2D eigenvalue weighted by molar-refractivity contribution is 5.77. The molecular formula is C15H24N2O. The number of nitrogens with one attached hydrogen (secondary N) is 1. The second-order valence-corrected chi connectivity index (χ2v) is 4.96. The van der Waals surface area contributed by atoms with E-state index in [-0.39, 0.29) is 5.91 Å². The summed E-state index contributed by atoms with van der Waals surface area (Å²) in [5.41, 5.74) is 2.50. The third kappa shape index (κ3) is 4.88. The minimum atomic E-state index is 0.128. The number of amides is 1. The van der Waals surface area contributed by atoms with E-state index in [9.17, 15) is 4.79 Å². The van der Waals surface area contributed by atoms with Crippen LogP contribution in [0.4, 0.5) is 0 Å². The zero-order chi connectivity index (χ0) is 13.5. The van der Waals surface area contributed by atoms with Crippen LogP contribution in [0, 0.1) is 0 Å². The standard InChI is InChI=1S/C15H24N2O/c1-5-13-6-8-14(9-7-13)11-17(4)15(18)10-16-12(2)3/h6-9,12,16H,5,10-11H2,1-4H3. The Hall–Kier alpha value is -1.35. The normalized spacial score (nSPS) is 10.7. The molecule has 1 amide bonds. The number of nitrogens with zero attached hydrogens (tertiary/aromatic N) is 1. The van der Waals surface area contributed by atoms with Gasteiger partial charge in [-0.15, -0.1) is 0 Å². The smallest absolute Gasteiger partial charge is 0.236 e. The molecule has 3 heteroatoms. The van der Waals surface area contributed by atoms with Crippen LogP contribution in [0.5, 0.6) is 0 Å². The number of rotatable bonds is 6. The molecule has 1 rings (SSSR count). The van der Waals surface area contributed by atoms with E-state index in [4.69, 9.17) is 0 Å². The molecule has 1 aromatic carbocycles. The van der Waals surface area contributed by atoms with Gasteiger partial charge in [-0.25, -0.2) is 0 Å². The van der Waals surface area contributed by atoms with Gasteiger partial charge < -0.3 is 10.2 Å². The van der Waals surface area contributed by atoms with Crippen LogP contribution in [0.2, 0.25) is 0 Å². The Morgan fingerprint density at radius 3 is 2.28 bits per heavy atom. The van der Waals surface area contributed by atoms with Gasteiger partial charge in [0, 0.05) is 19.6 Å². The molecule has 3 nitrogen and oxygen atoms in total. The summed E-state index contributed by atoms with van der Waals surface area (Å²) in [6.07, 6.45) is 1.05. The fraction of sp³-hybridized carbons (Fsp3) is 0.533. The Kier molecular flexibility index (Phi) is 5.86. The Morgan fingerprint density at radius 2 is 1.78 bits per heavy atom. The average Bonchev–Trinajstić information content (AvgIpc) is 2.36. The van der Waals surface area contributed by atoms with E-state index >= 15 is 0 Å². The summed E-state index contributed by atoms with van der Waals surface area (Å²) < 4.78 is 0. The van der Waals surface area contributed by atoms with Crippen LogP contribution < -0.4 is 5.32 Å². The molecule has 0 aliphatic rings. The fourth-order valence-corrected chi connectivity index (χ4v) is 1.67. The quantitative estimate of drug-likeness (QED) is 0.837. The molecule has 0 aromatic heterocycles. The third-order valence-electron chi connectivity index (χ3n) is 2.94. The van der Waals surface area contributed by atoms with Crippen LogP contribution >= 0.6 is 0 Å². The molecule has 1 N–H and O–H groups in total. The lowest BCUT2D eigenvalue weighted by Gasteiger charge is -2.18. The van der Waals surface area contributed by atoms with E-state index in [1.807, 2.05) is 20.9 Å². The second-order valence-electron chi connectivity index (χ2n) is 4.96. The molecule has 0 atom stereocenters. The molecule has 0 aliphatic heterocycles. The van der Waals surface area contributed by atoms with E-state index in [1.165, 1.54) is 11.1 Å². The van der Waals surface area contributed by atoms with Gasteiger partial charge in [0.1, 0.15) is 0 Å². The largest absolute Gasteiger partial charge is 0.340 e. The number of likely N-dealkylation sites (N-methyl/N-ethyl adjacent to an activating group) is 1. The van der Waals surface area contributed by atoms with Gasteiger partial charge in [-0.05, 0) is 17.5 Å². The van der Waals surface area contributed by atoms with Crippen molar-refractivity contribution in [1.29, 1.82) is 0 Å². The number of hydrogen-bond acceptors (Lipinski definition) is 2. The van der Waals surface area contributed by atoms with Gasteiger partial charge in [-0.3, -0.25) is 4.79 Å². The molecular weight excluding hydrogens is 224 g/mol. The first-order valence-electron chi connectivity index (χ1n) is 6.58.